The maximum atomic E-state index is 12.0. The van der Waals surface area contributed by atoms with Crippen LogP contribution < -0.4 is 10.1 Å². The topological polar surface area (TPSA) is 65.4 Å². The summed E-state index contributed by atoms with van der Waals surface area (Å²) in [6, 6.07) is 7.53. The van der Waals surface area contributed by atoms with E-state index >= 15 is 0 Å². The van der Waals surface area contributed by atoms with Crippen LogP contribution in [0.3, 0.4) is 0 Å². The van der Waals surface area contributed by atoms with Crippen LogP contribution in [0.5, 0.6) is 5.75 Å². The third kappa shape index (κ3) is 5.60. The highest BCUT2D eigenvalue weighted by molar-refractivity contribution is 5.90. The van der Waals surface area contributed by atoms with Crippen molar-refractivity contribution in [2.45, 2.75) is 32.7 Å². The Labute approximate surface area is 148 Å². The first kappa shape index (κ1) is 17.5. The van der Waals surface area contributed by atoms with Crippen LogP contribution in [0.15, 0.2) is 36.7 Å². The molecule has 1 aliphatic heterocycles. The van der Waals surface area contributed by atoms with Gasteiger partial charge in [-0.15, -0.1) is 0 Å². The quantitative estimate of drug-likeness (QED) is 0.839. The molecule has 0 bridgehead atoms. The van der Waals surface area contributed by atoms with Gasteiger partial charge in [-0.25, -0.2) is 0 Å². The van der Waals surface area contributed by atoms with Gasteiger partial charge in [-0.2, -0.15) is 5.10 Å². The Morgan fingerprint density at radius 3 is 2.76 bits per heavy atom. The van der Waals surface area contributed by atoms with Crippen LogP contribution in [0.4, 0.5) is 5.69 Å². The van der Waals surface area contributed by atoms with E-state index < -0.39 is 0 Å². The van der Waals surface area contributed by atoms with Crippen molar-refractivity contribution >= 4 is 11.6 Å². The van der Waals surface area contributed by atoms with Gasteiger partial charge in [-0.1, -0.05) is 0 Å². The monoisotopic (exact) mass is 343 g/mol. The molecule has 1 fully saturated rings. The summed E-state index contributed by atoms with van der Waals surface area (Å²) >= 11 is 0. The second-order valence-electron chi connectivity index (χ2n) is 6.47. The molecule has 0 atom stereocenters. The van der Waals surface area contributed by atoms with Crippen LogP contribution in [0.25, 0.3) is 0 Å². The SMILES string of the molecule is Cc1cnn(CCC(=O)Nc2ccc(OCC3CCOCC3)cc2)c1. The van der Waals surface area contributed by atoms with Crippen molar-refractivity contribution in [1.82, 2.24) is 9.78 Å². The minimum Gasteiger partial charge on any atom is -0.493 e. The average molecular weight is 343 g/mol. The summed E-state index contributed by atoms with van der Waals surface area (Å²) in [5.74, 6) is 1.37. The maximum absolute atomic E-state index is 12.0. The predicted molar refractivity (Wildman–Crippen MR) is 95.7 cm³/mol. The standard InChI is InChI=1S/C19H25N3O3/c1-15-12-20-22(13-15)9-6-19(23)21-17-2-4-18(5-3-17)25-14-16-7-10-24-11-8-16/h2-5,12-13,16H,6-11,14H2,1H3,(H,21,23). The van der Waals surface area contributed by atoms with Gasteiger partial charge in [0.25, 0.3) is 0 Å². The van der Waals surface area contributed by atoms with E-state index in [1.165, 1.54) is 0 Å². The molecule has 2 heterocycles. The summed E-state index contributed by atoms with van der Waals surface area (Å²) < 4.78 is 13.0. The molecule has 1 saturated heterocycles. The van der Waals surface area contributed by atoms with Gasteiger partial charge in [0.2, 0.25) is 5.91 Å². The number of hydrogen-bond donors (Lipinski definition) is 1. The van der Waals surface area contributed by atoms with Gasteiger partial charge < -0.3 is 14.8 Å². The highest BCUT2D eigenvalue weighted by Gasteiger charge is 2.14. The first-order chi connectivity index (χ1) is 12.2. The number of carbonyl (C=O) groups is 1. The number of amides is 1. The van der Waals surface area contributed by atoms with Gasteiger partial charge in [0, 0.05) is 38.1 Å². The Hall–Kier alpha value is -2.34. The smallest absolute Gasteiger partial charge is 0.226 e. The molecule has 6 heteroatoms. The number of nitrogens with zero attached hydrogens (tertiary/aromatic N) is 2. The first-order valence-electron chi connectivity index (χ1n) is 8.78. The summed E-state index contributed by atoms with van der Waals surface area (Å²) in [4.78, 5) is 12.0. The van der Waals surface area contributed by atoms with Crippen LogP contribution in [0.1, 0.15) is 24.8 Å². The van der Waals surface area contributed by atoms with Crippen molar-refractivity contribution in [3.63, 3.8) is 0 Å². The fraction of sp³-hybridized carbons (Fsp3) is 0.474. The molecule has 0 aliphatic carbocycles. The number of nitrogens with one attached hydrogen (secondary N) is 1. The van der Waals surface area contributed by atoms with Gasteiger partial charge in [0.05, 0.1) is 12.8 Å². The van der Waals surface area contributed by atoms with Gasteiger partial charge in [0.1, 0.15) is 5.75 Å². The molecule has 6 nitrogen and oxygen atoms in total. The van der Waals surface area contributed by atoms with E-state index in [4.69, 9.17) is 9.47 Å². The Balaban J connectivity index is 1.41. The first-order valence-corrected chi connectivity index (χ1v) is 8.78. The van der Waals surface area contributed by atoms with E-state index in [1.807, 2.05) is 37.4 Å². The van der Waals surface area contributed by atoms with Crippen molar-refractivity contribution < 1.29 is 14.3 Å². The zero-order valence-electron chi connectivity index (χ0n) is 14.6. The van der Waals surface area contributed by atoms with Crippen molar-refractivity contribution in [3.05, 3.63) is 42.2 Å². The normalized spacial score (nSPS) is 15.1. The molecular weight excluding hydrogens is 318 g/mol. The Bertz CT molecular complexity index is 675. The second-order valence-corrected chi connectivity index (χ2v) is 6.47. The van der Waals surface area contributed by atoms with Crippen LogP contribution in [-0.2, 0) is 16.1 Å². The largest absolute Gasteiger partial charge is 0.493 e. The number of benzene rings is 1. The summed E-state index contributed by atoms with van der Waals surface area (Å²) in [5.41, 5.74) is 1.87. The molecule has 0 spiro atoms. The molecule has 1 amide bonds. The zero-order chi connectivity index (χ0) is 17.5. The Kier molecular flexibility index (Phi) is 6.06. The predicted octanol–water partition coefficient (Wildman–Crippen LogP) is 3.03. The molecule has 0 unspecified atom stereocenters. The highest BCUT2D eigenvalue weighted by atomic mass is 16.5. The molecule has 3 rings (SSSR count). The Morgan fingerprint density at radius 1 is 1.32 bits per heavy atom. The third-order valence-corrected chi connectivity index (χ3v) is 4.29. The summed E-state index contributed by atoms with van der Waals surface area (Å²) in [6.45, 7) is 4.94. The second kappa shape index (κ2) is 8.67. The van der Waals surface area contributed by atoms with Crippen molar-refractivity contribution in [3.8, 4) is 5.75 Å². The zero-order valence-corrected chi connectivity index (χ0v) is 14.6. The number of hydrogen-bond acceptors (Lipinski definition) is 4. The average Bonchev–Trinajstić information content (AvgIpc) is 3.06. The van der Waals surface area contributed by atoms with Gasteiger partial charge in [-0.3, -0.25) is 9.48 Å². The lowest BCUT2D eigenvalue weighted by Gasteiger charge is -2.22. The van der Waals surface area contributed by atoms with E-state index in [1.54, 1.807) is 10.9 Å². The molecule has 0 saturated carbocycles. The van der Waals surface area contributed by atoms with Gasteiger partial charge in [0.15, 0.2) is 0 Å². The number of anilines is 1. The molecule has 1 N–H and O–H groups in total. The van der Waals surface area contributed by atoms with Gasteiger partial charge in [-0.05, 0) is 55.5 Å². The number of aryl methyl sites for hydroxylation is 2. The molecule has 0 radical (unpaired) electrons. The van der Waals surface area contributed by atoms with E-state index in [-0.39, 0.29) is 5.91 Å². The van der Waals surface area contributed by atoms with Crippen LogP contribution in [0.2, 0.25) is 0 Å². The molecular formula is C19H25N3O3. The van der Waals surface area contributed by atoms with Crippen LogP contribution in [0, 0.1) is 12.8 Å². The van der Waals surface area contributed by atoms with E-state index in [9.17, 15) is 4.79 Å². The highest BCUT2D eigenvalue weighted by Crippen LogP contribution is 2.20. The summed E-state index contributed by atoms with van der Waals surface area (Å²) in [7, 11) is 0. The number of rotatable bonds is 7. The lowest BCUT2D eigenvalue weighted by Crippen LogP contribution is -2.21. The van der Waals surface area contributed by atoms with E-state index in [2.05, 4.69) is 10.4 Å². The number of aromatic nitrogens is 2. The minimum atomic E-state index is -0.0240. The van der Waals surface area contributed by atoms with Crippen molar-refractivity contribution in [2.24, 2.45) is 5.92 Å². The molecule has 1 aromatic heterocycles. The van der Waals surface area contributed by atoms with Crippen molar-refractivity contribution in [2.75, 3.05) is 25.1 Å². The maximum Gasteiger partial charge on any atom is 0.226 e. The molecule has 25 heavy (non-hydrogen) atoms. The van der Waals surface area contributed by atoms with Crippen molar-refractivity contribution in [1.29, 1.82) is 0 Å². The molecule has 1 aromatic carbocycles. The van der Waals surface area contributed by atoms with E-state index in [0.29, 0.717) is 18.9 Å². The fourth-order valence-electron chi connectivity index (χ4n) is 2.79. The van der Waals surface area contributed by atoms with Gasteiger partial charge >= 0.3 is 0 Å². The Morgan fingerprint density at radius 2 is 2.08 bits per heavy atom. The lowest BCUT2D eigenvalue weighted by molar-refractivity contribution is -0.116. The third-order valence-electron chi connectivity index (χ3n) is 4.29. The fourth-order valence-corrected chi connectivity index (χ4v) is 2.79. The van der Waals surface area contributed by atoms with E-state index in [0.717, 1.165) is 49.7 Å². The molecule has 1 aliphatic rings. The number of carbonyl (C=O) groups excluding carboxylic acids is 1. The molecule has 134 valence electrons. The lowest BCUT2D eigenvalue weighted by atomic mass is 10.0. The number of ether oxygens (including phenoxy) is 2. The van der Waals surface area contributed by atoms with Crippen LogP contribution >= 0.6 is 0 Å². The minimum absolute atomic E-state index is 0.0240. The molecule has 2 aromatic rings. The summed E-state index contributed by atoms with van der Waals surface area (Å²) in [6.07, 6.45) is 6.23. The van der Waals surface area contributed by atoms with Crippen LogP contribution in [-0.4, -0.2) is 35.5 Å². The summed E-state index contributed by atoms with van der Waals surface area (Å²) in [5, 5.41) is 7.08.